The number of benzene rings is 1. The van der Waals surface area contributed by atoms with Crippen LogP contribution in [0.3, 0.4) is 0 Å². The Labute approximate surface area is 119 Å². The van der Waals surface area contributed by atoms with Crippen molar-refractivity contribution in [3.8, 4) is 0 Å². The molecule has 7 heteroatoms. The van der Waals surface area contributed by atoms with Crippen LogP contribution >= 0.6 is 0 Å². The maximum absolute atomic E-state index is 11.4. The fourth-order valence-corrected chi connectivity index (χ4v) is 2.62. The molecule has 0 aliphatic carbocycles. The fourth-order valence-electron chi connectivity index (χ4n) is 1.99. The molecular formula is C13H20N2O4S. The topological polar surface area (TPSA) is 78.9 Å². The van der Waals surface area contributed by atoms with Gasteiger partial charge in [0.25, 0.3) is 0 Å². The first-order valence-electron chi connectivity index (χ1n) is 6.51. The van der Waals surface area contributed by atoms with Crippen molar-refractivity contribution < 1.29 is 18.3 Å². The Kier molecular flexibility index (Phi) is 5.11. The molecule has 0 amide bonds. The molecule has 1 unspecified atom stereocenters. The summed E-state index contributed by atoms with van der Waals surface area (Å²) in [4.78, 5) is 0.259. The predicted octanol–water partition coefficient (Wildman–Crippen LogP) is -0.0397. The summed E-state index contributed by atoms with van der Waals surface area (Å²) in [6.07, 6.45) is 0.491. The van der Waals surface area contributed by atoms with Crippen LogP contribution in [0.5, 0.6) is 0 Å². The number of rotatable bonds is 5. The Bertz CT molecular complexity index is 524. The van der Waals surface area contributed by atoms with Gasteiger partial charge in [0.1, 0.15) is 0 Å². The Morgan fingerprint density at radius 2 is 1.90 bits per heavy atom. The van der Waals surface area contributed by atoms with Crippen molar-refractivity contribution in [1.82, 2.24) is 10.4 Å². The molecule has 1 aliphatic rings. The quantitative estimate of drug-likeness (QED) is 0.794. The van der Waals surface area contributed by atoms with Gasteiger partial charge in [0.05, 0.1) is 24.2 Å². The molecule has 1 fully saturated rings. The molecule has 0 radical (unpaired) electrons. The Morgan fingerprint density at radius 1 is 1.30 bits per heavy atom. The molecule has 1 atom stereocenters. The summed E-state index contributed by atoms with van der Waals surface area (Å²) < 4.78 is 27.9. The van der Waals surface area contributed by atoms with Crippen molar-refractivity contribution in [1.29, 1.82) is 0 Å². The Hall–Kier alpha value is -0.990. The number of aliphatic hydroxyl groups is 1. The Balaban J connectivity index is 1.90. The van der Waals surface area contributed by atoms with Crippen molar-refractivity contribution in [2.75, 3.05) is 39.1 Å². The third-order valence-corrected chi connectivity index (χ3v) is 4.34. The highest BCUT2D eigenvalue weighted by Crippen LogP contribution is 2.16. The number of hydrazine groups is 1. The number of nitrogens with one attached hydrogen (secondary N) is 1. The molecule has 0 bridgehead atoms. The number of hydrogen-bond donors (Lipinski definition) is 2. The van der Waals surface area contributed by atoms with E-state index in [1.54, 1.807) is 12.1 Å². The van der Waals surface area contributed by atoms with Crippen molar-refractivity contribution in [3.05, 3.63) is 29.8 Å². The summed E-state index contributed by atoms with van der Waals surface area (Å²) >= 11 is 0. The highest BCUT2D eigenvalue weighted by molar-refractivity contribution is 7.90. The first-order chi connectivity index (χ1) is 9.47. The molecule has 2 rings (SSSR count). The summed E-state index contributed by atoms with van der Waals surface area (Å²) in [5, 5.41) is 12.1. The largest absolute Gasteiger partial charge is 0.387 e. The van der Waals surface area contributed by atoms with E-state index in [2.05, 4.69) is 5.43 Å². The molecule has 0 saturated carbocycles. The number of hydrogen-bond acceptors (Lipinski definition) is 6. The molecule has 0 spiro atoms. The standard InChI is InChI=1S/C13H20N2O4S/c1-20(17,18)12-4-2-11(3-5-12)13(16)10-14-15-6-8-19-9-7-15/h2-5,13-14,16H,6-10H2,1H3. The van der Waals surface area contributed by atoms with E-state index in [0.717, 1.165) is 13.1 Å². The second kappa shape index (κ2) is 6.64. The van der Waals surface area contributed by atoms with Gasteiger partial charge < -0.3 is 9.84 Å². The molecule has 1 saturated heterocycles. The molecule has 1 aromatic carbocycles. The minimum Gasteiger partial charge on any atom is -0.387 e. The van der Waals surface area contributed by atoms with Crippen LogP contribution in [-0.2, 0) is 14.6 Å². The summed E-state index contributed by atoms with van der Waals surface area (Å²) in [6, 6.07) is 6.31. The molecule has 2 N–H and O–H groups in total. The summed E-state index contributed by atoms with van der Waals surface area (Å²) in [7, 11) is -3.19. The van der Waals surface area contributed by atoms with E-state index in [0.29, 0.717) is 25.3 Å². The first kappa shape index (κ1) is 15.4. The maximum atomic E-state index is 11.4. The van der Waals surface area contributed by atoms with Crippen LogP contribution in [-0.4, -0.2) is 57.6 Å². The zero-order valence-corrected chi connectivity index (χ0v) is 12.3. The van der Waals surface area contributed by atoms with Crippen molar-refractivity contribution in [2.45, 2.75) is 11.0 Å². The monoisotopic (exact) mass is 300 g/mol. The molecule has 112 valence electrons. The van der Waals surface area contributed by atoms with Crippen molar-refractivity contribution in [3.63, 3.8) is 0 Å². The zero-order chi connectivity index (χ0) is 14.6. The van der Waals surface area contributed by atoms with Crippen LogP contribution in [0, 0.1) is 0 Å². The van der Waals surface area contributed by atoms with E-state index in [9.17, 15) is 13.5 Å². The van der Waals surface area contributed by atoms with Crippen LogP contribution in [0.1, 0.15) is 11.7 Å². The third kappa shape index (κ3) is 4.26. The SMILES string of the molecule is CS(=O)(=O)c1ccc(C(O)CNN2CCOCC2)cc1. The third-order valence-electron chi connectivity index (χ3n) is 3.21. The van der Waals surface area contributed by atoms with Crippen molar-refractivity contribution >= 4 is 9.84 Å². The van der Waals surface area contributed by atoms with E-state index in [1.807, 2.05) is 5.01 Å². The molecule has 1 heterocycles. The molecular weight excluding hydrogens is 280 g/mol. The van der Waals surface area contributed by atoms with E-state index in [1.165, 1.54) is 18.4 Å². The number of morpholine rings is 1. The number of nitrogens with zero attached hydrogens (tertiary/aromatic N) is 1. The van der Waals surface area contributed by atoms with E-state index in [-0.39, 0.29) is 4.90 Å². The molecule has 1 aliphatic heterocycles. The molecule has 6 nitrogen and oxygen atoms in total. The van der Waals surface area contributed by atoms with Gasteiger partial charge in [-0.25, -0.2) is 13.4 Å². The second-order valence-corrected chi connectivity index (χ2v) is 6.83. The molecule has 20 heavy (non-hydrogen) atoms. The average molecular weight is 300 g/mol. The molecule has 0 aromatic heterocycles. The van der Waals surface area contributed by atoms with Crippen LogP contribution in [0.2, 0.25) is 0 Å². The lowest BCUT2D eigenvalue weighted by Crippen LogP contribution is -2.47. The van der Waals surface area contributed by atoms with Gasteiger partial charge in [0, 0.05) is 25.9 Å². The van der Waals surface area contributed by atoms with Gasteiger partial charge in [-0.3, -0.25) is 5.43 Å². The lowest BCUT2D eigenvalue weighted by Gasteiger charge is -2.28. The van der Waals surface area contributed by atoms with Crippen LogP contribution in [0.25, 0.3) is 0 Å². The Morgan fingerprint density at radius 3 is 2.45 bits per heavy atom. The smallest absolute Gasteiger partial charge is 0.175 e. The van der Waals surface area contributed by atoms with Crippen LogP contribution in [0.4, 0.5) is 0 Å². The number of ether oxygens (including phenoxy) is 1. The maximum Gasteiger partial charge on any atom is 0.175 e. The number of aliphatic hydroxyl groups excluding tert-OH is 1. The normalized spacial score (nSPS) is 18.9. The summed E-state index contributed by atoms with van der Waals surface area (Å²) in [5.74, 6) is 0. The van der Waals surface area contributed by atoms with Gasteiger partial charge in [0.2, 0.25) is 0 Å². The van der Waals surface area contributed by atoms with Gasteiger partial charge in [-0.05, 0) is 17.7 Å². The average Bonchev–Trinajstić information content (AvgIpc) is 2.45. The van der Waals surface area contributed by atoms with Crippen LogP contribution in [0.15, 0.2) is 29.2 Å². The van der Waals surface area contributed by atoms with Gasteiger partial charge >= 0.3 is 0 Å². The highest BCUT2D eigenvalue weighted by Gasteiger charge is 2.14. The lowest BCUT2D eigenvalue weighted by atomic mass is 10.1. The lowest BCUT2D eigenvalue weighted by molar-refractivity contribution is 0.00312. The highest BCUT2D eigenvalue weighted by atomic mass is 32.2. The number of sulfone groups is 1. The van der Waals surface area contributed by atoms with E-state index >= 15 is 0 Å². The zero-order valence-electron chi connectivity index (χ0n) is 11.4. The van der Waals surface area contributed by atoms with Crippen LogP contribution < -0.4 is 5.43 Å². The minimum atomic E-state index is -3.19. The predicted molar refractivity (Wildman–Crippen MR) is 74.9 cm³/mol. The van der Waals surface area contributed by atoms with E-state index < -0.39 is 15.9 Å². The molecule has 1 aromatic rings. The van der Waals surface area contributed by atoms with E-state index in [4.69, 9.17) is 4.74 Å². The minimum absolute atomic E-state index is 0.259. The van der Waals surface area contributed by atoms with Gasteiger partial charge in [-0.1, -0.05) is 12.1 Å². The van der Waals surface area contributed by atoms with Gasteiger partial charge in [-0.2, -0.15) is 0 Å². The fraction of sp³-hybridized carbons (Fsp3) is 0.538. The second-order valence-electron chi connectivity index (χ2n) is 4.82. The van der Waals surface area contributed by atoms with Gasteiger partial charge in [0.15, 0.2) is 9.84 Å². The summed E-state index contributed by atoms with van der Waals surface area (Å²) in [6.45, 7) is 3.34. The van der Waals surface area contributed by atoms with Crippen molar-refractivity contribution in [2.24, 2.45) is 0 Å². The summed E-state index contributed by atoms with van der Waals surface area (Å²) in [5.41, 5.74) is 3.84. The first-order valence-corrected chi connectivity index (χ1v) is 8.40. The van der Waals surface area contributed by atoms with Gasteiger partial charge in [-0.15, -0.1) is 0 Å².